The number of carbonyl (C=O) groups excluding carboxylic acids is 1. The summed E-state index contributed by atoms with van der Waals surface area (Å²) in [6, 6.07) is 7.03. The lowest BCUT2D eigenvalue weighted by atomic mass is 10.1. The summed E-state index contributed by atoms with van der Waals surface area (Å²) in [6.07, 6.45) is 1.61. The van der Waals surface area contributed by atoms with Crippen molar-refractivity contribution in [3.8, 4) is 0 Å². The molecule has 1 aromatic rings. The van der Waals surface area contributed by atoms with Gasteiger partial charge in [-0.3, -0.25) is 4.79 Å². The minimum atomic E-state index is -3.35. The van der Waals surface area contributed by atoms with Crippen LogP contribution in [0.5, 0.6) is 0 Å². The van der Waals surface area contributed by atoms with Crippen LogP contribution in [0.15, 0.2) is 24.3 Å². The maximum Gasteiger partial charge on any atom is 0.220 e. The number of rotatable bonds is 8. The van der Waals surface area contributed by atoms with E-state index in [-0.39, 0.29) is 24.9 Å². The highest BCUT2D eigenvalue weighted by Gasteiger charge is 2.17. The number of amides is 1. The van der Waals surface area contributed by atoms with Gasteiger partial charge in [0.2, 0.25) is 15.9 Å². The Hall–Kier alpha value is -1.11. The zero-order chi connectivity index (χ0) is 16.8. The Balaban J connectivity index is 2.59. The van der Waals surface area contributed by atoms with Crippen molar-refractivity contribution in [3.63, 3.8) is 0 Å². The lowest BCUT2D eigenvalue weighted by Crippen LogP contribution is -2.37. The van der Waals surface area contributed by atoms with Crippen molar-refractivity contribution in [2.45, 2.75) is 26.8 Å². The van der Waals surface area contributed by atoms with Crippen LogP contribution >= 0.6 is 11.6 Å². The van der Waals surface area contributed by atoms with E-state index in [0.29, 0.717) is 18.0 Å². The van der Waals surface area contributed by atoms with Gasteiger partial charge in [0.25, 0.3) is 0 Å². The average molecular weight is 347 g/mol. The highest BCUT2D eigenvalue weighted by Crippen LogP contribution is 2.12. The smallest absolute Gasteiger partial charge is 0.220 e. The van der Waals surface area contributed by atoms with Crippen molar-refractivity contribution in [1.29, 1.82) is 0 Å². The molecule has 22 heavy (non-hydrogen) atoms. The predicted molar refractivity (Wildman–Crippen MR) is 89.2 cm³/mol. The lowest BCUT2D eigenvalue weighted by Gasteiger charge is -2.20. The molecule has 0 fully saturated rings. The minimum Gasteiger partial charge on any atom is -0.355 e. The second kappa shape index (κ2) is 8.50. The van der Waals surface area contributed by atoms with Gasteiger partial charge < -0.3 is 5.32 Å². The van der Waals surface area contributed by atoms with Crippen molar-refractivity contribution < 1.29 is 13.2 Å². The largest absolute Gasteiger partial charge is 0.355 e. The van der Waals surface area contributed by atoms with Crippen LogP contribution in [-0.2, 0) is 21.4 Å². The molecular formula is C15H23ClN2O3S. The maximum absolute atomic E-state index is 11.8. The molecule has 0 aromatic heterocycles. The quantitative estimate of drug-likeness (QED) is 0.785. The number of carbonyl (C=O) groups is 1. The van der Waals surface area contributed by atoms with Crippen LogP contribution < -0.4 is 5.32 Å². The van der Waals surface area contributed by atoms with E-state index in [1.807, 2.05) is 13.8 Å². The van der Waals surface area contributed by atoms with Crippen LogP contribution in [0.25, 0.3) is 0 Å². The Kier molecular flexibility index (Phi) is 7.32. The molecule has 0 saturated heterocycles. The molecule has 0 aliphatic rings. The molecule has 0 unspecified atom stereocenters. The van der Waals surface area contributed by atoms with Crippen LogP contribution in [-0.4, -0.2) is 38.0 Å². The molecule has 0 heterocycles. The molecule has 1 N–H and O–H groups in total. The van der Waals surface area contributed by atoms with Gasteiger partial charge in [-0.25, -0.2) is 8.42 Å². The van der Waals surface area contributed by atoms with Gasteiger partial charge in [0, 0.05) is 31.1 Å². The summed E-state index contributed by atoms with van der Waals surface area (Å²) in [4.78, 5) is 11.6. The van der Waals surface area contributed by atoms with Gasteiger partial charge in [-0.2, -0.15) is 4.31 Å². The molecule has 0 atom stereocenters. The van der Waals surface area contributed by atoms with E-state index in [0.717, 1.165) is 5.56 Å². The van der Waals surface area contributed by atoms with Crippen LogP contribution in [0.2, 0.25) is 5.02 Å². The molecule has 0 aliphatic heterocycles. The van der Waals surface area contributed by atoms with Gasteiger partial charge in [-0.1, -0.05) is 37.6 Å². The zero-order valence-electron chi connectivity index (χ0n) is 13.2. The lowest BCUT2D eigenvalue weighted by molar-refractivity contribution is -0.121. The number of hydrogen-bond acceptors (Lipinski definition) is 3. The molecule has 0 bridgehead atoms. The Bertz CT molecular complexity index is 585. The highest BCUT2D eigenvalue weighted by atomic mass is 35.5. The van der Waals surface area contributed by atoms with Crippen molar-refractivity contribution in [3.05, 3.63) is 34.9 Å². The standard InChI is InChI=1S/C15H23ClN2O3S/c1-12(2)10-15(19)17-8-9-18(22(3,20)21)11-13-4-6-14(16)7-5-13/h4-7,12H,8-11H2,1-3H3,(H,17,19). The van der Waals surface area contributed by atoms with Crippen molar-refractivity contribution in [2.24, 2.45) is 5.92 Å². The van der Waals surface area contributed by atoms with Crippen molar-refractivity contribution in [2.75, 3.05) is 19.3 Å². The van der Waals surface area contributed by atoms with Gasteiger partial charge in [0.1, 0.15) is 0 Å². The normalized spacial score (nSPS) is 11.9. The van der Waals surface area contributed by atoms with E-state index in [1.165, 1.54) is 10.6 Å². The zero-order valence-corrected chi connectivity index (χ0v) is 14.7. The third-order valence-corrected chi connectivity index (χ3v) is 4.52. The fourth-order valence-electron chi connectivity index (χ4n) is 1.92. The summed E-state index contributed by atoms with van der Waals surface area (Å²) < 4.78 is 25.0. The fraction of sp³-hybridized carbons (Fsp3) is 0.533. The first-order chi connectivity index (χ1) is 10.2. The van der Waals surface area contributed by atoms with E-state index in [2.05, 4.69) is 5.32 Å². The van der Waals surface area contributed by atoms with E-state index >= 15 is 0 Å². The second-order valence-electron chi connectivity index (χ2n) is 5.67. The molecule has 0 radical (unpaired) electrons. The maximum atomic E-state index is 11.8. The summed E-state index contributed by atoms with van der Waals surface area (Å²) in [5, 5.41) is 3.35. The Labute approximate surface area is 137 Å². The van der Waals surface area contributed by atoms with Crippen molar-refractivity contribution in [1.82, 2.24) is 9.62 Å². The number of benzene rings is 1. The van der Waals surface area contributed by atoms with Gasteiger partial charge in [-0.05, 0) is 23.6 Å². The molecule has 1 rings (SSSR count). The third-order valence-electron chi connectivity index (χ3n) is 3.02. The molecular weight excluding hydrogens is 324 g/mol. The summed E-state index contributed by atoms with van der Waals surface area (Å²) in [6.45, 7) is 4.72. The number of hydrogen-bond donors (Lipinski definition) is 1. The highest BCUT2D eigenvalue weighted by molar-refractivity contribution is 7.88. The second-order valence-corrected chi connectivity index (χ2v) is 8.09. The van der Waals surface area contributed by atoms with Gasteiger partial charge >= 0.3 is 0 Å². The Morgan fingerprint density at radius 3 is 2.36 bits per heavy atom. The number of nitrogens with zero attached hydrogens (tertiary/aromatic N) is 1. The van der Waals surface area contributed by atoms with Gasteiger partial charge in [0.15, 0.2) is 0 Å². The monoisotopic (exact) mass is 346 g/mol. The number of nitrogens with one attached hydrogen (secondary N) is 1. The van der Waals surface area contributed by atoms with E-state index < -0.39 is 10.0 Å². The molecule has 0 saturated carbocycles. The Morgan fingerprint density at radius 2 is 1.86 bits per heavy atom. The summed E-state index contributed by atoms with van der Waals surface area (Å²) in [7, 11) is -3.35. The summed E-state index contributed by atoms with van der Waals surface area (Å²) in [5.41, 5.74) is 0.850. The third kappa shape index (κ3) is 7.24. The van der Waals surface area contributed by atoms with E-state index in [1.54, 1.807) is 24.3 Å². The predicted octanol–water partition coefficient (Wildman–Crippen LogP) is 2.26. The first-order valence-corrected chi connectivity index (χ1v) is 9.37. The molecule has 0 spiro atoms. The van der Waals surface area contributed by atoms with E-state index in [9.17, 15) is 13.2 Å². The molecule has 7 heteroatoms. The van der Waals surface area contributed by atoms with Crippen LogP contribution in [0.4, 0.5) is 0 Å². The minimum absolute atomic E-state index is 0.0602. The van der Waals surface area contributed by atoms with Crippen LogP contribution in [0, 0.1) is 5.92 Å². The Morgan fingerprint density at radius 1 is 1.27 bits per heavy atom. The summed E-state index contributed by atoms with van der Waals surface area (Å²) >= 11 is 5.82. The molecule has 1 amide bonds. The van der Waals surface area contributed by atoms with Crippen molar-refractivity contribution >= 4 is 27.5 Å². The topological polar surface area (TPSA) is 66.5 Å². The molecule has 124 valence electrons. The molecule has 5 nitrogen and oxygen atoms in total. The molecule has 0 aliphatic carbocycles. The number of sulfonamides is 1. The van der Waals surface area contributed by atoms with Crippen LogP contribution in [0.1, 0.15) is 25.8 Å². The van der Waals surface area contributed by atoms with Crippen LogP contribution in [0.3, 0.4) is 0 Å². The summed E-state index contributed by atoms with van der Waals surface area (Å²) in [5.74, 6) is 0.218. The van der Waals surface area contributed by atoms with Gasteiger partial charge in [-0.15, -0.1) is 0 Å². The average Bonchev–Trinajstić information content (AvgIpc) is 2.38. The first-order valence-electron chi connectivity index (χ1n) is 7.14. The van der Waals surface area contributed by atoms with E-state index in [4.69, 9.17) is 11.6 Å². The number of halogens is 1. The fourth-order valence-corrected chi connectivity index (χ4v) is 2.85. The SMILES string of the molecule is CC(C)CC(=O)NCCN(Cc1ccc(Cl)cc1)S(C)(=O)=O. The molecule has 1 aromatic carbocycles. The van der Waals surface area contributed by atoms with Gasteiger partial charge in [0.05, 0.1) is 6.26 Å². The first kappa shape index (κ1) is 18.9.